The van der Waals surface area contributed by atoms with Crippen molar-refractivity contribution in [3.8, 4) is 0 Å². The molecule has 0 saturated carbocycles. The second-order valence-corrected chi connectivity index (χ2v) is 6.50. The van der Waals surface area contributed by atoms with E-state index in [4.69, 9.17) is 11.6 Å². The van der Waals surface area contributed by atoms with Crippen molar-refractivity contribution in [3.63, 3.8) is 0 Å². The van der Waals surface area contributed by atoms with Crippen molar-refractivity contribution in [3.05, 3.63) is 68.6 Å². The second-order valence-electron chi connectivity index (χ2n) is 6.06. The average molecular weight is 389 g/mol. The summed E-state index contributed by atoms with van der Waals surface area (Å²) in [6.45, 7) is 3.78. The summed E-state index contributed by atoms with van der Waals surface area (Å²) >= 11 is 6.00. The van der Waals surface area contributed by atoms with E-state index < -0.39 is 4.92 Å². The van der Waals surface area contributed by atoms with E-state index in [1.807, 2.05) is 25.1 Å². The van der Waals surface area contributed by atoms with E-state index in [9.17, 15) is 14.9 Å². The van der Waals surface area contributed by atoms with Gasteiger partial charge >= 0.3 is 5.69 Å². The van der Waals surface area contributed by atoms with Gasteiger partial charge in [0.2, 0.25) is 5.91 Å². The molecule has 0 spiro atoms. The number of carbonyl (C=O) groups excluding carboxylic acids is 1. The van der Waals surface area contributed by atoms with Gasteiger partial charge in [0.15, 0.2) is 5.82 Å². The second kappa shape index (κ2) is 7.58. The molecule has 1 aromatic carbocycles. The molecule has 0 saturated heterocycles. The summed E-state index contributed by atoms with van der Waals surface area (Å²) in [7, 11) is 0. The Morgan fingerprint density at radius 2 is 2.07 bits per heavy atom. The molecule has 9 nitrogen and oxygen atoms in total. The van der Waals surface area contributed by atoms with Crippen LogP contribution in [-0.4, -0.2) is 30.4 Å². The maximum Gasteiger partial charge on any atom is 0.309 e. The van der Waals surface area contributed by atoms with Crippen LogP contribution in [0.25, 0.3) is 0 Å². The number of aryl methyl sites for hydroxylation is 2. The molecule has 0 unspecified atom stereocenters. The molecule has 0 bridgehead atoms. The lowest BCUT2D eigenvalue weighted by molar-refractivity contribution is -0.385. The molecule has 0 aliphatic rings. The van der Waals surface area contributed by atoms with Crippen LogP contribution in [0.2, 0.25) is 5.02 Å². The number of nitrogens with one attached hydrogen (secondary N) is 1. The lowest BCUT2D eigenvalue weighted by Gasteiger charge is -2.05. The smallest absolute Gasteiger partial charge is 0.308 e. The standard InChI is InChI=1S/C17H17ClN6O3/c1-11-6-16(21-23(11)8-13-4-3-5-14(18)7-13)19-17(25)10-22-9-15(24(26)27)12(2)20-22/h3-7,9H,8,10H2,1-2H3,(H,19,21,25). The number of nitro groups is 1. The van der Waals surface area contributed by atoms with Gasteiger partial charge in [0.05, 0.1) is 11.5 Å². The Hall–Kier alpha value is -3.20. The Labute approximate surface area is 159 Å². The zero-order valence-electron chi connectivity index (χ0n) is 14.7. The lowest BCUT2D eigenvalue weighted by atomic mass is 10.2. The highest BCUT2D eigenvalue weighted by Gasteiger charge is 2.17. The van der Waals surface area contributed by atoms with Crippen LogP contribution in [-0.2, 0) is 17.9 Å². The molecule has 2 heterocycles. The van der Waals surface area contributed by atoms with Gasteiger partial charge in [-0.05, 0) is 31.5 Å². The molecular formula is C17H17ClN6O3. The van der Waals surface area contributed by atoms with Gasteiger partial charge in [-0.3, -0.25) is 24.3 Å². The maximum absolute atomic E-state index is 12.2. The van der Waals surface area contributed by atoms with Gasteiger partial charge in [-0.1, -0.05) is 23.7 Å². The Kier molecular flexibility index (Phi) is 5.22. The fraction of sp³-hybridized carbons (Fsp3) is 0.235. The molecule has 10 heteroatoms. The number of aromatic nitrogens is 4. The van der Waals surface area contributed by atoms with Crippen LogP contribution in [0.15, 0.2) is 36.5 Å². The molecule has 0 fully saturated rings. The number of amides is 1. The summed E-state index contributed by atoms with van der Waals surface area (Å²) in [5.41, 5.74) is 2.00. The van der Waals surface area contributed by atoms with Gasteiger partial charge in [-0.15, -0.1) is 0 Å². The number of nitrogens with zero attached hydrogens (tertiary/aromatic N) is 5. The van der Waals surface area contributed by atoms with Gasteiger partial charge in [0.1, 0.15) is 18.4 Å². The van der Waals surface area contributed by atoms with Gasteiger partial charge < -0.3 is 5.32 Å². The predicted octanol–water partition coefficient (Wildman–Crippen LogP) is 2.95. The van der Waals surface area contributed by atoms with Crippen LogP contribution in [0.1, 0.15) is 17.0 Å². The van der Waals surface area contributed by atoms with Crippen LogP contribution in [0.4, 0.5) is 11.5 Å². The number of halogens is 1. The molecule has 1 amide bonds. The van der Waals surface area contributed by atoms with E-state index in [-0.39, 0.29) is 23.8 Å². The first-order valence-corrected chi connectivity index (χ1v) is 8.47. The number of hydrogen-bond donors (Lipinski definition) is 1. The summed E-state index contributed by atoms with van der Waals surface area (Å²) < 4.78 is 2.99. The molecular weight excluding hydrogens is 372 g/mol. The van der Waals surface area contributed by atoms with E-state index in [1.165, 1.54) is 17.8 Å². The highest BCUT2D eigenvalue weighted by atomic mass is 35.5. The van der Waals surface area contributed by atoms with Crippen LogP contribution >= 0.6 is 11.6 Å². The van der Waals surface area contributed by atoms with Crippen molar-refractivity contribution in [2.45, 2.75) is 26.9 Å². The minimum absolute atomic E-state index is 0.121. The van der Waals surface area contributed by atoms with Crippen LogP contribution in [0.3, 0.4) is 0 Å². The predicted molar refractivity (Wildman–Crippen MR) is 99.8 cm³/mol. The zero-order valence-corrected chi connectivity index (χ0v) is 15.5. The minimum Gasteiger partial charge on any atom is -0.308 e. The molecule has 2 aromatic heterocycles. The maximum atomic E-state index is 12.2. The Balaban J connectivity index is 1.66. The Bertz CT molecular complexity index is 1010. The van der Waals surface area contributed by atoms with Gasteiger partial charge in [-0.25, -0.2) is 0 Å². The highest BCUT2D eigenvalue weighted by Crippen LogP contribution is 2.16. The van der Waals surface area contributed by atoms with Crippen LogP contribution < -0.4 is 5.32 Å². The lowest BCUT2D eigenvalue weighted by Crippen LogP contribution is -2.19. The van der Waals surface area contributed by atoms with Crippen molar-refractivity contribution in [2.24, 2.45) is 0 Å². The molecule has 140 valence electrons. The topological polar surface area (TPSA) is 108 Å². The highest BCUT2D eigenvalue weighted by molar-refractivity contribution is 6.30. The van der Waals surface area contributed by atoms with Gasteiger partial charge in [0.25, 0.3) is 0 Å². The third-order valence-electron chi connectivity index (χ3n) is 3.89. The first kappa shape index (κ1) is 18.6. The Morgan fingerprint density at radius 3 is 2.74 bits per heavy atom. The summed E-state index contributed by atoms with van der Waals surface area (Å²) in [6, 6.07) is 9.21. The van der Waals surface area contributed by atoms with Crippen molar-refractivity contribution >= 4 is 29.0 Å². The SMILES string of the molecule is Cc1nn(CC(=O)Nc2cc(C)n(Cc3cccc(Cl)c3)n2)cc1[N+](=O)[O-]. The molecule has 0 radical (unpaired) electrons. The number of rotatable bonds is 6. The molecule has 0 aliphatic heterocycles. The number of anilines is 1. The number of carbonyl (C=O) groups is 1. The summed E-state index contributed by atoms with van der Waals surface area (Å²) in [4.78, 5) is 22.5. The molecule has 3 aromatic rings. The largest absolute Gasteiger partial charge is 0.309 e. The Morgan fingerprint density at radius 1 is 1.30 bits per heavy atom. The first-order valence-electron chi connectivity index (χ1n) is 8.09. The molecule has 27 heavy (non-hydrogen) atoms. The number of hydrogen-bond acceptors (Lipinski definition) is 5. The van der Waals surface area contributed by atoms with Crippen molar-refractivity contribution in [2.75, 3.05) is 5.32 Å². The van der Waals surface area contributed by atoms with Crippen LogP contribution in [0.5, 0.6) is 0 Å². The average Bonchev–Trinajstić information content (AvgIpc) is 3.10. The molecule has 0 aliphatic carbocycles. The van der Waals surface area contributed by atoms with Crippen molar-refractivity contribution < 1.29 is 9.72 Å². The fourth-order valence-electron chi connectivity index (χ4n) is 2.64. The van der Waals surface area contributed by atoms with Crippen molar-refractivity contribution in [1.29, 1.82) is 0 Å². The van der Waals surface area contributed by atoms with Gasteiger partial charge in [-0.2, -0.15) is 10.2 Å². The third kappa shape index (κ3) is 4.50. The van der Waals surface area contributed by atoms with E-state index >= 15 is 0 Å². The summed E-state index contributed by atoms with van der Waals surface area (Å²) in [6.07, 6.45) is 1.23. The van der Waals surface area contributed by atoms with E-state index in [0.29, 0.717) is 17.4 Å². The molecule has 1 N–H and O–H groups in total. The minimum atomic E-state index is -0.530. The van der Waals surface area contributed by atoms with Crippen molar-refractivity contribution in [1.82, 2.24) is 19.6 Å². The third-order valence-corrected chi connectivity index (χ3v) is 4.13. The van der Waals surface area contributed by atoms with E-state index in [2.05, 4.69) is 15.5 Å². The summed E-state index contributed by atoms with van der Waals surface area (Å²) in [5.74, 6) is 0.0257. The normalized spacial score (nSPS) is 10.8. The number of benzene rings is 1. The monoisotopic (exact) mass is 388 g/mol. The van der Waals surface area contributed by atoms with Crippen LogP contribution in [0, 0.1) is 24.0 Å². The van der Waals surface area contributed by atoms with E-state index in [0.717, 1.165) is 11.3 Å². The first-order chi connectivity index (χ1) is 12.8. The zero-order chi connectivity index (χ0) is 19.6. The fourth-order valence-corrected chi connectivity index (χ4v) is 2.85. The summed E-state index contributed by atoms with van der Waals surface area (Å²) in [5, 5.41) is 22.5. The quantitative estimate of drug-likeness (QED) is 0.516. The van der Waals surface area contributed by atoms with E-state index in [1.54, 1.807) is 16.8 Å². The van der Waals surface area contributed by atoms with Gasteiger partial charge in [0, 0.05) is 16.8 Å². The molecule has 3 rings (SSSR count). The molecule has 0 atom stereocenters.